The second-order valence-electron chi connectivity index (χ2n) is 7.25. The molecule has 0 aliphatic heterocycles. The Labute approximate surface area is 186 Å². The molecule has 2 N–H and O–H groups in total. The van der Waals surface area contributed by atoms with Gasteiger partial charge in [-0.25, -0.2) is 13.4 Å². The second-order valence-corrected chi connectivity index (χ2v) is 8.93. The van der Waals surface area contributed by atoms with E-state index in [1.807, 2.05) is 42.0 Å². The highest BCUT2D eigenvalue weighted by atomic mass is 32.2. The van der Waals surface area contributed by atoms with E-state index in [0.717, 1.165) is 11.4 Å². The van der Waals surface area contributed by atoms with E-state index in [-0.39, 0.29) is 10.8 Å². The summed E-state index contributed by atoms with van der Waals surface area (Å²) in [7, 11) is -3.68. The number of carbonyl (C=O) groups excluding carboxylic acids is 1. The van der Waals surface area contributed by atoms with Crippen LogP contribution in [0, 0.1) is 6.92 Å². The van der Waals surface area contributed by atoms with Crippen LogP contribution >= 0.6 is 0 Å². The van der Waals surface area contributed by atoms with Crippen LogP contribution < -0.4 is 10.0 Å². The summed E-state index contributed by atoms with van der Waals surface area (Å²) >= 11 is 0. The van der Waals surface area contributed by atoms with Crippen LogP contribution in [0.2, 0.25) is 0 Å². The van der Waals surface area contributed by atoms with Gasteiger partial charge in [-0.15, -0.1) is 0 Å². The lowest BCUT2D eigenvalue weighted by atomic mass is 10.1. The van der Waals surface area contributed by atoms with Gasteiger partial charge in [0.1, 0.15) is 5.82 Å². The highest BCUT2D eigenvalue weighted by molar-refractivity contribution is 7.92. The van der Waals surface area contributed by atoms with Crippen molar-refractivity contribution in [2.24, 2.45) is 0 Å². The Kier molecular flexibility index (Phi) is 6.04. The van der Waals surface area contributed by atoms with Crippen molar-refractivity contribution in [1.82, 2.24) is 9.55 Å². The number of nitrogens with zero attached hydrogens (tertiary/aromatic N) is 2. The molecule has 0 aliphatic carbocycles. The largest absolute Gasteiger partial charge is 0.331 e. The van der Waals surface area contributed by atoms with Crippen LogP contribution in [-0.2, 0) is 16.6 Å². The van der Waals surface area contributed by atoms with Crippen molar-refractivity contribution >= 4 is 27.3 Å². The maximum absolute atomic E-state index is 12.6. The zero-order chi connectivity index (χ0) is 22.6. The summed E-state index contributed by atoms with van der Waals surface area (Å²) in [5.41, 5.74) is 2.57. The standard InChI is InChI=1S/C24H22N4O3S/c1-18-25-15-16-28(18)17-19-7-11-21(12-8-19)26-24(29)20-9-13-22(14-10-20)27-32(30,31)23-5-3-2-4-6-23/h2-16,27H,17H2,1H3,(H,26,29). The number of aryl methyl sites for hydroxylation is 1. The van der Waals surface area contributed by atoms with Crippen molar-refractivity contribution in [3.8, 4) is 0 Å². The van der Waals surface area contributed by atoms with Gasteiger partial charge in [0.15, 0.2) is 0 Å². The fraction of sp³-hybridized carbons (Fsp3) is 0.0833. The number of sulfonamides is 1. The summed E-state index contributed by atoms with van der Waals surface area (Å²) in [6, 6.07) is 22.0. The molecule has 0 radical (unpaired) electrons. The first-order valence-electron chi connectivity index (χ1n) is 9.97. The zero-order valence-corrected chi connectivity index (χ0v) is 18.2. The quantitative estimate of drug-likeness (QED) is 0.443. The molecule has 4 rings (SSSR count). The van der Waals surface area contributed by atoms with Crippen LogP contribution in [-0.4, -0.2) is 23.9 Å². The number of nitrogens with one attached hydrogen (secondary N) is 2. The molecule has 8 heteroatoms. The van der Waals surface area contributed by atoms with Crippen LogP contribution in [0.25, 0.3) is 0 Å². The molecule has 0 atom stereocenters. The first-order chi connectivity index (χ1) is 15.4. The molecule has 0 saturated heterocycles. The maximum Gasteiger partial charge on any atom is 0.261 e. The number of aromatic nitrogens is 2. The summed E-state index contributed by atoms with van der Waals surface area (Å²) < 4.78 is 29.4. The van der Waals surface area contributed by atoms with E-state index < -0.39 is 10.0 Å². The maximum atomic E-state index is 12.6. The number of benzene rings is 3. The molecule has 1 aromatic heterocycles. The molecular weight excluding hydrogens is 424 g/mol. The third-order valence-corrected chi connectivity index (χ3v) is 6.34. The predicted octanol–water partition coefficient (Wildman–Crippen LogP) is 4.29. The topological polar surface area (TPSA) is 93.1 Å². The minimum Gasteiger partial charge on any atom is -0.331 e. The Morgan fingerprint density at radius 2 is 1.56 bits per heavy atom. The fourth-order valence-corrected chi connectivity index (χ4v) is 4.25. The Hall–Kier alpha value is -3.91. The summed E-state index contributed by atoms with van der Waals surface area (Å²) in [5.74, 6) is 0.664. The SMILES string of the molecule is Cc1nccn1Cc1ccc(NC(=O)c2ccc(NS(=O)(=O)c3ccccc3)cc2)cc1. The van der Waals surface area contributed by atoms with Crippen LogP contribution in [0.15, 0.2) is 96.2 Å². The number of hydrogen-bond acceptors (Lipinski definition) is 4. The van der Waals surface area contributed by atoms with Gasteiger partial charge in [-0.3, -0.25) is 9.52 Å². The van der Waals surface area contributed by atoms with Crippen molar-refractivity contribution < 1.29 is 13.2 Å². The van der Waals surface area contributed by atoms with Crippen LogP contribution in [0.3, 0.4) is 0 Å². The van der Waals surface area contributed by atoms with E-state index in [4.69, 9.17) is 0 Å². The number of imidazole rings is 1. The average Bonchev–Trinajstić information content (AvgIpc) is 3.20. The molecule has 0 unspecified atom stereocenters. The Morgan fingerprint density at radius 1 is 0.906 bits per heavy atom. The molecule has 32 heavy (non-hydrogen) atoms. The molecule has 3 aromatic carbocycles. The summed E-state index contributed by atoms with van der Waals surface area (Å²) in [5, 5.41) is 2.85. The summed E-state index contributed by atoms with van der Waals surface area (Å²) in [6.45, 7) is 2.66. The van der Waals surface area contributed by atoms with E-state index in [9.17, 15) is 13.2 Å². The minimum absolute atomic E-state index is 0.175. The van der Waals surface area contributed by atoms with Crippen molar-refractivity contribution in [3.63, 3.8) is 0 Å². The van der Waals surface area contributed by atoms with E-state index in [1.54, 1.807) is 48.7 Å². The van der Waals surface area contributed by atoms with Gasteiger partial charge in [-0.05, 0) is 61.0 Å². The van der Waals surface area contributed by atoms with Crippen molar-refractivity contribution in [2.75, 3.05) is 10.0 Å². The summed E-state index contributed by atoms with van der Waals surface area (Å²) in [4.78, 5) is 16.9. The molecule has 0 spiro atoms. The first kappa shape index (κ1) is 21.3. The zero-order valence-electron chi connectivity index (χ0n) is 17.4. The Bertz CT molecular complexity index is 1310. The normalized spacial score (nSPS) is 11.2. The molecule has 0 saturated carbocycles. The smallest absolute Gasteiger partial charge is 0.261 e. The number of hydrogen-bond donors (Lipinski definition) is 2. The minimum atomic E-state index is -3.68. The van der Waals surface area contributed by atoms with Crippen LogP contribution in [0.4, 0.5) is 11.4 Å². The summed E-state index contributed by atoms with van der Waals surface area (Å²) in [6.07, 6.45) is 3.69. The van der Waals surface area contributed by atoms with Gasteiger partial charge < -0.3 is 9.88 Å². The van der Waals surface area contributed by atoms with E-state index in [0.29, 0.717) is 23.5 Å². The molecule has 1 heterocycles. The van der Waals surface area contributed by atoms with Gasteiger partial charge >= 0.3 is 0 Å². The van der Waals surface area contributed by atoms with Crippen LogP contribution in [0.5, 0.6) is 0 Å². The molecule has 0 fully saturated rings. The van der Waals surface area contributed by atoms with Gasteiger partial charge in [0.2, 0.25) is 0 Å². The predicted molar refractivity (Wildman–Crippen MR) is 124 cm³/mol. The third kappa shape index (κ3) is 5.04. The molecular formula is C24H22N4O3S. The van der Waals surface area contributed by atoms with E-state index in [2.05, 4.69) is 15.0 Å². The number of amides is 1. The van der Waals surface area contributed by atoms with Gasteiger partial charge in [0.05, 0.1) is 4.90 Å². The highest BCUT2D eigenvalue weighted by Gasteiger charge is 2.14. The Morgan fingerprint density at radius 3 is 2.19 bits per heavy atom. The monoisotopic (exact) mass is 446 g/mol. The van der Waals surface area contributed by atoms with E-state index >= 15 is 0 Å². The molecule has 4 aromatic rings. The first-order valence-corrected chi connectivity index (χ1v) is 11.4. The highest BCUT2D eigenvalue weighted by Crippen LogP contribution is 2.18. The van der Waals surface area contributed by atoms with Crippen molar-refractivity contribution in [3.05, 3.63) is 108 Å². The van der Waals surface area contributed by atoms with E-state index in [1.165, 1.54) is 12.1 Å². The molecule has 7 nitrogen and oxygen atoms in total. The lowest BCUT2D eigenvalue weighted by Gasteiger charge is -2.10. The molecule has 0 bridgehead atoms. The average molecular weight is 447 g/mol. The molecule has 162 valence electrons. The van der Waals surface area contributed by atoms with Gasteiger partial charge in [0.25, 0.3) is 15.9 Å². The third-order valence-electron chi connectivity index (χ3n) is 4.94. The van der Waals surface area contributed by atoms with Crippen molar-refractivity contribution in [2.45, 2.75) is 18.4 Å². The second kappa shape index (κ2) is 9.07. The fourth-order valence-electron chi connectivity index (χ4n) is 3.17. The molecule has 1 amide bonds. The number of anilines is 2. The van der Waals surface area contributed by atoms with Crippen LogP contribution in [0.1, 0.15) is 21.7 Å². The lowest BCUT2D eigenvalue weighted by Crippen LogP contribution is -2.14. The van der Waals surface area contributed by atoms with Gasteiger partial charge in [-0.2, -0.15) is 0 Å². The van der Waals surface area contributed by atoms with Gasteiger partial charge in [-0.1, -0.05) is 30.3 Å². The van der Waals surface area contributed by atoms with Gasteiger partial charge in [0, 0.05) is 35.9 Å². The Balaban J connectivity index is 1.38. The number of rotatable bonds is 7. The number of carbonyl (C=O) groups is 1. The lowest BCUT2D eigenvalue weighted by molar-refractivity contribution is 0.102. The molecule has 0 aliphatic rings. The van der Waals surface area contributed by atoms with Crippen molar-refractivity contribution in [1.29, 1.82) is 0 Å².